The number of rotatable bonds is 1. The average Bonchev–Trinajstić information content (AvgIpc) is 2.98. The van der Waals surface area contributed by atoms with Crippen LogP contribution in [0.1, 0.15) is 34.7 Å². The topological polar surface area (TPSA) is 46.3 Å². The lowest BCUT2D eigenvalue weighted by molar-refractivity contribution is 0.0791. The van der Waals surface area contributed by atoms with Crippen molar-refractivity contribution in [3.8, 4) is 0 Å². The normalized spacial score (nSPS) is 19.9. The smallest absolute Gasteiger partial charge is 0.277 e. The van der Waals surface area contributed by atoms with Crippen molar-refractivity contribution in [1.82, 2.24) is 10.1 Å². The summed E-state index contributed by atoms with van der Waals surface area (Å²) in [5.74, 6) is 2.81. The van der Waals surface area contributed by atoms with Gasteiger partial charge in [-0.2, -0.15) is 0 Å². The first-order chi connectivity index (χ1) is 7.86. The van der Waals surface area contributed by atoms with Crippen LogP contribution < -0.4 is 0 Å². The summed E-state index contributed by atoms with van der Waals surface area (Å²) in [7, 11) is 0. The third-order valence-corrected chi connectivity index (χ3v) is 4.16. The molecule has 0 saturated carbocycles. The summed E-state index contributed by atoms with van der Waals surface area (Å²) >= 11 is 1.79. The van der Waals surface area contributed by atoms with Crippen LogP contribution in [0.25, 0.3) is 0 Å². The molecule has 2 aliphatic rings. The van der Waals surface area contributed by atoms with Gasteiger partial charge >= 0.3 is 0 Å². The standard InChI is InChI=1S/C11H14N2O2S/c14-11(13-5-6-16-7-13)10-8-3-1-2-4-9(8)15-12-10/h1-7H2. The molecule has 0 atom stereocenters. The van der Waals surface area contributed by atoms with Gasteiger partial charge in [0.15, 0.2) is 5.69 Å². The number of carbonyl (C=O) groups is 1. The van der Waals surface area contributed by atoms with Gasteiger partial charge in [-0.1, -0.05) is 5.16 Å². The van der Waals surface area contributed by atoms with E-state index in [1.54, 1.807) is 11.8 Å². The SMILES string of the molecule is O=C(c1noc2c1CCCC2)N1CCSC1. The zero-order valence-corrected chi connectivity index (χ0v) is 9.89. The zero-order chi connectivity index (χ0) is 11.0. The minimum absolute atomic E-state index is 0.0527. The average molecular weight is 238 g/mol. The fourth-order valence-electron chi connectivity index (χ4n) is 2.28. The van der Waals surface area contributed by atoms with Crippen LogP contribution in [0.4, 0.5) is 0 Å². The molecule has 1 aromatic heterocycles. The Balaban J connectivity index is 1.88. The summed E-state index contributed by atoms with van der Waals surface area (Å²) in [6.45, 7) is 0.838. The Morgan fingerprint density at radius 1 is 1.38 bits per heavy atom. The van der Waals surface area contributed by atoms with Crippen LogP contribution in [0.2, 0.25) is 0 Å². The van der Waals surface area contributed by atoms with Crippen LogP contribution >= 0.6 is 11.8 Å². The fourth-order valence-corrected chi connectivity index (χ4v) is 3.22. The number of aromatic nitrogens is 1. The second-order valence-electron chi connectivity index (χ2n) is 4.25. The molecule has 0 aromatic carbocycles. The molecule has 1 aliphatic carbocycles. The molecule has 0 unspecified atom stereocenters. The Bertz CT molecular complexity index is 410. The highest BCUT2D eigenvalue weighted by atomic mass is 32.2. The predicted octanol–water partition coefficient (Wildman–Crippen LogP) is 1.70. The second-order valence-corrected chi connectivity index (χ2v) is 5.32. The van der Waals surface area contributed by atoms with Crippen molar-refractivity contribution in [3.05, 3.63) is 17.0 Å². The highest BCUT2D eigenvalue weighted by Gasteiger charge is 2.28. The van der Waals surface area contributed by atoms with Crippen LogP contribution in [0.5, 0.6) is 0 Å². The van der Waals surface area contributed by atoms with Gasteiger partial charge in [-0.15, -0.1) is 11.8 Å². The number of carbonyl (C=O) groups excluding carboxylic acids is 1. The minimum Gasteiger partial charge on any atom is -0.360 e. The maximum absolute atomic E-state index is 12.2. The van der Waals surface area contributed by atoms with Gasteiger partial charge in [0.2, 0.25) is 0 Å². The summed E-state index contributed by atoms with van der Waals surface area (Å²) in [6, 6.07) is 0. The summed E-state index contributed by atoms with van der Waals surface area (Å²) in [5.41, 5.74) is 1.63. The van der Waals surface area contributed by atoms with Crippen LogP contribution in [0.15, 0.2) is 4.52 Å². The molecule has 0 N–H and O–H groups in total. The molecule has 1 saturated heterocycles. The number of amides is 1. The molecular formula is C11H14N2O2S. The summed E-state index contributed by atoms with van der Waals surface area (Å²) in [5, 5.41) is 3.97. The number of fused-ring (bicyclic) bond motifs is 1. The first-order valence-electron chi connectivity index (χ1n) is 5.70. The van der Waals surface area contributed by atoms with Crippen LogP contribution in [0, 0.1) is 0 Å². The van der Waals surface area contributed by atoms with Crippen LogP contribution in [-0.2, 0) is 12.8 Å². The largest absolute Gasteiger partial charge is 0.360 e. The number of thioether (sulfide) groups is 1. The molecule has 0 radical (unpaired) electrons. The Kier molecular flexibility index (Phi) is 2.63. The lowest BCUT2D eigenvalue weighted by Gasteiger charge is -2.14. The maximum Gasteiger partial charge on any atom is 0.277 e. The van der Waals surface area contributed by atoms with E-state index < -0.39 is 0 Å². The third-order valence-electron chi connectivity index (χ3n) is 3.19. The molecule has 0 spiro atoms. The van der Waals surface area contributed by atoms with E-state index in [1.165, 1.54) is 0 Å². The molecule has 16 heavy (non-hydrogen) atoms. The van der Waals surface area contributed by atoms with Crippen LogP contribution in [-0.4, -0.2) is 34.1 Å². The van der Waals surface area contributed by atoms with E-state index in [0.29, 0.717) is 5.69 Å². The fraction of sp³-hybridized carbons (Fsp3) is 0.636. The molecule has 5 heteroatoms. The lowest BCUT2D eigenvalue weighted by atomic mass is 9.96. The van der Waals surface area contributed by atoms with Gasteiger partial charge < -0.3 is 9.42 Å². The van der Waals surface area contributed by atoms with Crippen LogP contribution in [0.3, 0.4) is 0 Å². The van der Waals surface area contributed by atoms with E-state index >= 15 is 0 Å². The van der Waals surface area contributed by atoms with Crippen molar-refractivity contribution >= 4 is 17.7 Å². The van der Waals surface area contributed by atoms with Crippen molar-refractivity contribution in [2.45, 2.75) is 25.7 Å². The van der Waals surface area contributed by atoms with Gasteiger partial charge in [-0.25, -0.2) is 0 Å². The summed E-state index contributed by atoms with van der Waals surface area (Å²) in [6.07, 6.45) is 4.17. The highest BCUT2D eigenvalue weighted by molar-refractivity contribution is 7.99. The van der Waals surface area contributed by atoms with Crippen molar-refractivity contribution in [1.29, 1.82) is 0 Å². The lowest BCUT2D eigenvalue weighted by Crippen LogP contribution is -2.29. The summed E-state index contributed by atoms with van der Waals surface area (Å²) < 4.78 is 5.26. The van der Waals surface area contributed by atoms with Gasteiger partial charge in [-0.05, 0) is 19.3 Å². The molecule has 0 bridgehead atoms. The van der Waals surface area contributed by atoms with Gasteiger partial charge in [0.05, 0.1) is 5.88 Å². The van der Waals surface area contributed by atoms with Gasteiger partial charge in [-0.3, -0.25) is 4.79 Å². The number of hydrogen-bond acceptors (Lipinski definition) is 4. The van der Waals surface area contributed by atoms with Crippen molar-refractivity contribution in [3.63, 3.8) is 0 Å². The van der Waals surface area contributed by atoms with E-state index in [4.69, 9.17) is 4.52 Å². The Labute approximate surface area is 98.3 Å². The Morgan fingerprint density at radius 3 is 3.06 bits per heavy atom. The maximum atomic E-state index is 12.2. The van der Waals surface area contributed by atoms with E-state index in [9.17, 15) is 4.79 Å². The molecular weight excluding hydrogens is 224 g/mol. The van der Waals surface area contributed by atoms with E-state index in [2.05, 4.69) is 5.16 Å². The van der Waals surface area contributed by atoms with E-state index in [-0.39, 0.29) is 5.91 Å². The molecule has 1 amide bonds. The predicted molar refractivity (Wildman–Crippen MR) is 61.5 cm³/mol. The summed E-state index contributed by atoms with van der Waals surface area (Å²) in [4.78, 5) is 14.0. The highest BCUT2D eigenvalue weighted by Crippen LogP contribution is 2.26. The Morgan fingerprint density at radius 2 is 2.25 bits per heavy atom. The molecule has 1 aromatic rings. The van der Waals surface area contributed by atoms with Gasteiger partial charge in [0.1, 0.15) is 5.76 Å². The van der Waals surface area contributed by atoms with E-state index in [1.807, 2.05) is 4.90 Å². The minimum atomic E-state index is 0.0527. The van der Waals surface area contributed by atoms with Crippen molar-refractivity contribution in [2.24, 2.45) is 0 Å². The molecule has 86 valence electrons. The monoisotopic (exact) mass is 238 g/mol. The zero-order valence-electron chi connectivity index (χ0n) is 9.07. The quantitative estimate of drug-likeness (QED) is 0.747. The second kappa shape index (κ2) is 4.13. The first kappa shape index (κ1) is 10.2. The van der Waals surface area contributed by atoms with E-state index in [0.717, 1.165) is 55.2 Å². The molecule has 2 heterocycles. The molecule has 1 aliphatic heterocycles. The molecule has 1 fully saturated rings. The number of nitrogens with zero attached hydrogens (tertiary/aromatic N) is 2. The third kappa shape index (κ3) is 1.63. The number of aryl methyl sites for hydroxylation is 1. The molecule has 4 nitrogen and oxygen atoms in total. The van der Waals surface area contributed by atoms with Gasteiger partial charge in [0.25, 0.3) is 5.91 Å². The first-order valence-corrected chi connectivity index (χ1v) is 6.86. The van der Waals surface area contributed by atoms with Gasteiger partial charge in [0, 0.05) is 24.3 Å². The molecule has 3 rings (SSSR count). The van der Waals surface area contributed by atoms with Crippen molar-refractivity contribution in [2.75, 3.05) is 18.2 Å². The Hall–Kier alpha value is -0.970. The number of hydrogen-bond donors (Lipinski definition) is 0. The van der Waals surface area contributed by atoms with Crippen molar-refractivity contribution < 1.29 is 9.32 Å².